The molecule has 1 aromatic rings. The topological polar surface area (TPSA) is 49.5 Å². The Morgan fingerprint density at radius 1 is 1.43 bits per heavy atom. The van der Waals surface area contributed by atoms with Crippen molar-refractivity contribution in [3.63, 3.8) is 0 Å². The maximum atomic E-state index is 8.87. The van der Waals surface area contributed by atoms with Gasteiger partial charge in [-0.15, -0.1) is 0 Å². The fraction of sp³-hybridized carbons (Fsp3) is 0.455. The van der Waals surface area contributed by atoms with Crippen molar-refractivity contribution in [1.29, 1.82) is 0 Å². The lowest BCUT2D eigenvalue weighted by molar-refractivity contribution is 0.173. The lowest BCUT2D eigenvalue weighted by Crippen LogP contribution is -2.38. The van der Waals surface area contributed by atoms with E-state index in [0.717, 1.165) is 13.1 Å². The minimum absolute atomic E-state index is 0.0894. The third-order valence-corrected chi connectivity index (χ3v) is 2.72. The van der Waals surface area contributed by atoms with Gasteiger partial charge in [0.05, 0.1) is 6.61 Å². The molecular formula is C11H16N2O. The molecule has 1 heterocycles. The van der Waals surface area contributed by atoms with Crippen molar-refractivity contribution in [3.05, 3.63) is 35.4 Å². The van der Waals surface area contributed by atoms with E-state index in [1.165, 1.54) is 11.1 Å². The maximum absolute atomic E-state index is 8.87. The van der Waals surface area contributed by atoms with E-state index in [4.69, 9.17) is 10.8 Å². The van der Waals surface area contributed by atoms with Crippen molar-refractivity contribution >= 4 is 0 Å². The highest BCUT2D eigenvalue weighted by Crippen LogP contribution is 2.23. The first-order valence-corrected chi connectivity index (χ1v) is 4.98. The molecule has 0 saturated carbocycles. The van der Waals surface area contributed by atoms with Crippen LogP contribution in [0.5, 0.6) is 0 Å². The third-order valence-electron chi connectivity index (χ3n) is 2.72. The number of rotatable bonds is 2. The summed E-state index contributed by atoms with van der Waals surface area (Å²) in [5.74, 6) is 0. The minimum Gasteiger partial charge on any atom is -0.395 e. The van der Waals surface area contributed by atoms with Crippen molar-refractivity contribution in [2.45, 2.75) is 12.6 Å². The molecule has 0 saturated heterocycles. The van der Waals surface area contributed by atoms with E-state index in [0.29, 0.717) is 6.54 Å². The number of nitrogens with two attached hydrogens (primary N) is 1. The molecule has 14 heavy (non-hydrogen) atoms. The number of aliphatic hydroxyl groups is 1. The van der Waals surface area contributed by atoms with Crippen LogP contribution in [0.2, 0.25) is 0 Å². The minimum atomic E-state index is 0.0894. The fourth-order valence-electron chi connectivity index (χ4n) is 2.03. The lowest BCUT2D eigenvalue weighted by atomic mass is 9.96. The second-order valence-electron chi connectivity index (χ2n) is 3.76. The lowest BCUT2D eigenvalue weighted by Gasteiger charge is -2.32. The van der Waals surface area contributed by atoms with Crippen LogP contribution in [0, 0.1) is 0 Å². The van der Waals surface area contributed by atoms with Crippen LogP contribution in [-0.2, 0) is 6.54 Å². The van der Waals surface area contributed by atoms with Gasteiger partial charge in [-0.2, -0.15) is 0 Å². The Morgan fingerprint density at radius 2 is 2.21 bits per heavy atom. The second kappa shape index (κ2) is 4.09. The molecule has 0 bridgehead atoms. The molecule has 3 N–H and O–H groups in total. The molecule has 1 atom stereocenters. The summed E-state index contributed by atoms with van der Waals surface area (Å²) >= 11 is 0. The second-order valence-corrected chi connectivity index (χ2v) is 3.76. The van der Waals surface area contributed by atoms with E-state index in [-0.39, 0.29) is 12.6 Å². The zero-order valence-electron chi connectivity index (χ0n) is 8.19. The van der Waals surface area contributed by atoms with Crippen molar-refractivity contribution in [1.82, 2.24) is 4.90 Å². The zero-order chi connectivity index (χ0) is 9.97. The standard InChI is InChI=1S/C11H16N2O/c12-11-8-13(5-6-14)7-9-3-1-2-4-10(9)11/h1-4,11,14H,5-8,12H2. The molecule has 3 nitrogen and oxygen atoms in total. The first-order valence-electron chi connectivity index (χ1n) is 4.98. The van der Waals surface area contributed by atoms with Crippen molar-refractivity contribution < 1.29 is 5.11 Å². The molecule has 3 heteroatoms. The molecule has 0 fully saturated rings. The third kappa shape index (κ3) is 1.80. The molecule has 2 rings (SSSR count). The summed E-state index contributed by atoms with van der Waals surface area (Å²) in [6, 6.07) is 8.36. The van der Waals surface area contributed by atoms with Gasteiger partial charge in [-0.05, 0) is 11.1 Å². The summed E-state index contributed by atoms with van der Waals surface area (Å²) in [5, 5.41) is 8.87. The molecule has 1 aromatic carbocycles. The molecule has 1 aliphatic heterocycles. The molecule has 1 aliphatic rings. The summed E-state index contributed by atoms with van der Waals surface area (Å²) in [5.41, 5.74) is 8.59. The molecular weight excluding hydrogens is 176 g/mol. The Morgan fingerprint density at radius 3 is 3.00 bits per heavy atom. The summed E-state index contributed by atoms with van der Waals surface area (Å²) in [6.07, 6.45) is 0. The van der Waals surface area contributed by atoms with Gasteiger partial charge >= 0.3 is 0 Å². The molecule has 76 valence electrons. The van der Waals surface area contributed by atoms with Crippen molar-refractivity contribution in [3.8, 4) is 0 Å². The first kappa shape index (κ1) is 9.65. The quantitative estimate of drug-likeness (QED) is 0.717. The molecule has 0 aliphatic carbocycles. The summed E-state index contributed by atoms with van der Waals surface area (Å²) in [4.78, 5) is 2.19. The Hall–Kier alpha value is -0.900. The average Bonchev–Trinajstić information content (AvgIpc) is 2.18. The van der Waals surface area contributed by atoms with E-state index >= 15 is 0 Å². The molecule has 0 spiro atoms. The molecule has 0 aromatic heterocycles. The van der Waals surface area contributed by atoms with Gasteiger partial charge < -0.3 is 10.8 Å². The van der Waals surface area contributed by atoms with Gasteiger partial charge in [-0.25, -0.2) is 0 Å². The Bertz CT molecular complexity index is 314. The predicted octanol–water partition coefficient (Wildman–Crippen LogP) is 0.494. The van der Waals surface area contributed by atoms with Gasteiger partial charge in [-0.1, -0.05) is 24.3 Å². The monoisotopic (exact) mass is 192 g/mol. The fourth-order valence-corrected chi connectivity index (χ4v) is 2.03. The predicted molar refractivity (Wildman–Crippen MR) is 55.7 cm³/mol. The highest BCUT2D eigenvalue weighted by molar-refractivity contribution is 5.31. The number of hydrogen-bond donors (Lipinski definition) is 2. The van der Waals surface area contributed by atoms with Crippen LogP contribution < -0.4 is 5.73 Å². The maximum Gasteiger partial charge on any atom is 0.0558 e. The number of fused-ring (bicyclic) bond motifs is 1. The largest absolute Gasteiger partial charge is 0.395 e. The summed E-state index contributed by atoms with van der Waals surface area (Å²) in [7, 11) is 0. The summed E-state index contributed by atoms with van der Waals surface area (Å²) in [6.45, 7) is 2.67. The number of nitrogens with zero attached hydrogens (tertiary/aromatic N) is 1. The van der Waals surface area contributed by atoms with Crippen LogP contribution in [0.3, 0.4) is 0 Å². The Kier molecular flexibility index (Phi) is 2.82. The van der Waals surface area contributed by atoms with Gasteiger partial charge in [0.25, 0.3) is 0 Å². The van der Waals surface area contributed by atoms with Crippen LogP contribution in [0.1, 0.15) is 17.2 Å². The SMILES string of the molecule is NC1CN(CCO)Cc2ccccc21. The van der Waals surface area contributed by atoms with Crippen LogP contribution in [0.4, 0.5) is 0 Å². The van der Waals surface area contributed by atoms with Gasteiger partial charge in [0.2, 0.25) is 0 Å². The smallest absolute Gasteiger partial charge is 0.0558 e. The number of β-amino-alcohol motifs (C(OH)–C–C–N with tert-alkyl or cyclic N) is 1. The highest BCUT2D eigenvalue weighted by Gasteiger charge is 2.21. The van der Waals surface area contributed by atoms with Crippen molar-refractivity contribution in [2.75, 3.05) is 19.7 Å². The number of benzene rings is 1. The van der Waals surface area contributed by atoms with Crippen LogP contribution in [0.15, 0.2) is 24.3 Å². The number of hydrogen-bond acceptors (Lipinski definition) is 3. The Labute approximate surface area is 84.1 Å². The molecule has 0 radical (unpaired) electrons. The van der Waals surface area contributed by atoms with Gasteiger partial charge in [0.15, 0.2) is 0 Å². The zero-order valence-corrected chi connectivity index (χ0v) is 8.19. The van der Waals surface area contributed by atoms with Crippen LogP contribution in [-0.4, -0.2) is 29.7 Å². The summed E-state index contributed by atoms with van der Waals surface area (Å²) < 4.78 is 0. The van der Waals surface area contributed by atoms with E-state index in [9.17, 15) is 0 Å². The van der Waals surface area contributed by atoms with E-state index in [2.05, 4.69) is 17.0 Å². The number of aliphatic hydroxyl groups excluding tert-OH is 1. The Balaban J connectivity index is 2.20. The molecule has 0 amide bonds. The first-order chi connectivity index (χ1) is 6.81. The molecule has 1 unspecified atom stereocenters. The van der Waals surface area contributed by atoms with Gasteiger partial charge in [-0.3, -0.25) is 4.90 Å². The van der Waals surface area contributed by atoms with Crippen LogP contribution in [0.25, 0.3) is 0 Å². The van der Waals surface area contributed by atoms with E-state index in [1.54, 1.807) is 0 Å². The van der Waals surface area contributed by atoms with E-state index in [1.807, 2.05) is 12.1 Å². The van der Waals surface area contributed by atoms with E-state index < -0.39 is 0 Å². The normalized spacial score (nSPS) is 22.0. The van der Waals surface area contributed by atoms with Crippen molar-refractivity contribution in [2.24, 2.45) is 5.73 Å². The van der Waals surface area contributed by atoms with Gasteiger partial charge in [0.1, 0.15) is 0 Å². The van der Waals surface area contributed by atoms with Gasteiger partial charge in [0, 0.05) is 25.7 Å². The highest BCUT2D eigenvalue weighted by atomic mass is 16.3. The van der Waals surface area contributed by atoms with Crippen LogP contribution >= 0.6 is 0 Å². The average molecular weight is 192 g/mol.